The lowest BCUT2D eigenvalue weighted by atomic mass is 10.00. The molecule has 1 aromatic carbocycles. The summed E-state index contributed by atoms with van der Waals surface area (Å²) >= 11 is 0. The highest BCUT2D eigenvalue weighted by atomic mass is 16.5. The number of benzene rings is 1. The Labute approximate surface area is 125 Å². The van der Waals surface area contributed by atoms with Crippen LogP contribution in [0, 0.1) is 0 Å². The van der Waals surface area contributed by atoms with Gasteiger partial charge in [0.05, 0.1) is 13.2 Å². The lowest BCUT2D eigenvalue weighted by Gasteiger charge is -2.18. The number of hydrogen-bond donors (Lipinski definition) is 3. The van der Waals surface area contributed by atoms with Gasteiger partial charge >= 0.3 is 0 Å². The third-order valence-corrected chi connectivity index (χ3v) is 3.32. The molecule has 1 aliphatic heterocycles. The fraction of sp³-hybridized carbons (Fsp3) is 0.500. The Morgan fingerprint density at radius 2 is 2.14 bits per heavy atom. The van der Waals surface area contributed by atoms with E-state index in [9.17, 15) is 5.11 Å². The molecule has 116 valence electrons. The Morgan fingerprint density at radius 1 is 1.29 bits per heavy atom. The molecule has 2 rings (SSSR count). The molecule has 3 N–H and O–H groups in total. The molecule has 1 unspecified atom stereocenters. The monoisotopic (exact) mass is 293 g/mol. The molecular formula is C16H23NO4. The van der Waals surface area contributed by atoms with Crippen LogP contribution in [0.3, 0.4) is 0 Å². The van der Waals surface area contributed by atoms with E-state index in [0.29, 0.717) is 18.1 Å². The van der Waals surface area contributed by atoms with Gasteiger partial charge in [-0.3, -0.25) is 0 Å². The topological polar surface area (TPSA) is 71.0 Å². The average Bonchev–Trinajstić information content (AvgIpc) is 2.54. The zero-order chi connectivity index (χ0) is 15.1. The fourth-order valence-electron chi connectivity index (χ4n) is 2.22. The van der Waals surface area contributed by atoms with E-state index in [1.807, 2.05) is 25.1 Å². The van der Waals surface area contributed by atoms with Gasteiger partial charge in [0.15, 0.2) is 11.5 Å². The first kappa shape index (κ1) is 15.8. The van der Waals surface area contributed by atoms with Gasteiger partial charge in [0, 0.05) is 6.54 Å². The summed E-state index contributed by atoms with van der Waals surface area (Å²) < 4.78 is 11.1. The zero-order valence-corrected chi connectivity index (χ0v) is 12.3. The van der Waals surface area contributed by atoms with E-state index in [4.69, 9.17) is 14.6 Å². The van der Waals surface area contributed by atoms with E-state index in [0.717, 1.165) is 25.1 Å². The van der Waals surface area contributed by atoms with Gasteiger partial charge < -0.3 is 25.0 Å². The predicted molar refractivity (Wildman–Crippen MR) is 81.7 cm³/mol. The predicted octanol–water partition coefficient (Wildman–Crippen LogP) is 1.19. The first-order valence-corrected chi connectivity index (χ1v) is 7.33. The maximum atomic E-state index is 9.37. The Balaban J connectivity index is 2.15. The van der Waals surface area contributed by atoms with Crippen molar-refractivity contribution in [1.29, 1.82) is 0 Å². The highest BCUT2D eigenvalue weighted by Gasteiger charge is 2.12. The number of nitrogens with one attached hydrogen (secondary N) is 1. The molecule has 5 nitrogen and oxygen atoms in total. The van der Waals surface area contributed by atoms with Crippen LogP contribution in [0.25, 0.3) is 5.57 Å². The van der Waals surface area contributed by atoms with Crippen molar-refractivity contribution < 1.29 is 19.7 Å². The van der Waals surface area contributed by atoms with Crippen LogP contribution in [0.5, 0.6) is 11.5 Å². The maximum absolute atomic E-state index is 9.37. The molecule has 0 radical (unpaired) electrons. The normalized spacial score (nSPS) is 16.2. The average molecular weight is 293 g/mol. The summed E-state index contributed by atoms with van der Waals surface area (Å²) in [5.41, 5.74) is 2.44. The summed E-state index contributed by atoms with van der Waals surface area (Å²) in [6, 6.07) is 5.83. The Bertz CT molecular complexity index is 487. The molecule has 5 heteroatoms. The van der Waals surface area contributed by atoms with Gasteiger partial charge in [0.2, 0.25) is 0 Å². The second kappa shape index (κ2) is 8.02. The van der Waals surface area contributed by atoms with Gasteiger partial charge in [-0.2, -0.15) is 0 Å². The molecule has 1 atom stereocenters. The molecule has 1 aliphatic rings. The van der Waals surface area contributed by atoms with Crippen molar-refractivity contribution in [3.05, 3.63) is 29.8 Å². The van der Waals surface area contributed by atoms with E-state index in [1.54, 1.807) is 0 Å². The third kappa shape index (κ3) is 4.46. The van der Waals surface area contributed by atoms with Crippen LogP contribution in [0.15, 0.2) is 24.3 Å². The van der Waals surface area contributed by atoms with Gasteiger partial charge in [-0.25, -0.2) is 0 Å². The third-order valence-electron chi connectivity index (χ3n) is 3.32. The van der Waals surface area contributed by atoms with Crippen molar-refractivity contribution in [2.75, 3.05) is 32.9 Å². The van der Waals surface area contributed by atoms with Crippen LogP contribution in [0.4, 0.5) is 0 Å². The van der Waals surface area contributed by atoms with Crippen LogP contribution in [0.2, 0.25) is 0 Å². The van der Waals surface area contributed by atoms with Crippen molar-refractivity contribution >= 4 is 5.57 Å². The van der Waals surface area contributed by atoms with Crippen LogP contribution < -0.4 is 14.8 Å². The summed E-state index contributed by atoms with van der Waals surface area (Å²) in [7, 11) is 0. The number of rotatable bonds is 7. The largest absolute Gasteiger partial charge is 0.490 e. The van der Waals surface area contributed by atoms with Gasteiger partial charge in [-0.05, 0) is 43.2 Å². The molecule has 0 saturated carbocycles. The second-order valence-electron chi connectivity index (χ2n) is 4.93. The quantitative estimate of drug-likeness (QED) is 0.704. The minimum Gasteiger partial charge on any atom is -0.490 e. The van der Waals surface area contributed by atoms with Gasteiger partial charge in [-0.1, -0.05) is 12.1 Å². The lowest BCUT2D eigenvalue weighted by Crippen LogP contribution is -2.21. The van der Waals surface area contributed by atoms with Gasteiger partial charge in [0.1, 0.15) is 12.7 Å². The lowest BCUT2D eigenvalue weighted by molar-refractivity contribution is 0.0525. The summed E-state index contributed by atoms with van der Waals surface area (Å²) in [6.07, 6.45) is 2.30. The van der Waals surface area contributed by atoms with Crippen molar-refractivity contribution in [1.82, 2.24) is 5.32 Å². The molecule has 1 heterocycles. The zero-order valence-electron chi connectivity index (χ0n) is 12.3. The maximum Gasteiger partial charge on any atom is 0.161 e. The van der Waals surface area contributed by atoms with E-state index >= 15 is 0 Å². The van der Waals surface area contributed by atoms with Crippen molar-refractivity contribution in [3.63, 3.8) is 0 Å². The van der Waals surface area contributed by atoms with E-state index in [2.05, 4.69) is 11.4 Å². The van der Waals surface area contributed by atoms with Crippen LogP contribution >= 0.6 is 0 Å². The molecule has 1 aromatic rings. The smallest absolute Gasteiger partial charge is 0.161 e. The van der Waals surface area contributed by atoms with Crippen LogP contribution in [-0.2, 0) is 0 Å². The fourth-order valence-corrected chi connectivity index (χ4v) is 2.22. The molecular weight excluding hydrogens is 270 g/mol. The summed E-state index contributed by atoms with van der Waals surface area (Å²) in [4.78, 5) is 0. The standard InChI is InChI=1S/C16H23NO4/c1-2-20-16-9-13(12-5-7-17-8-6-12)3-4-15(16)21-11-14(19)10-18/h3-5,9,14,17-19H,2,6-8,10-11H2,1H3. The number of ether oxygens (including phenoxy) is 2. The summed E-state index contributed by atoms with van der Waals surface area (Å²) in [5.74, 6) is 1.25. The van der Waals surface area contributed by atoms with Crippen LogP contribution in [-0.4, -0.2) is 49.2 Å². The molecule has 21 heavy (non-hydrogen) atoms. The highest BCUT2D eigenvalue weighted by molar-refractivity contribution is 5.69. The van der Waals surface area contributed by atoms with Crippen molar-refractivity contribution in [2.45, 2.75) is 19.4 Å². The number of aliphatic hydroxyl groups excluding tert-OH is 2. The van der Waals surface area contributed by atoms with Crippen molar-refractivity contribution in [3.8, 4) is 11.5 Å². The van der Waals surface area contributed by atoms with E-state index < -0.39 is 6.10 Å². The summed E-state index contributed by atoms with van der Waals surface area (Å²) in [5, 5.41) is 21.5. The van der Waals surface area contributed by atoms with Gasteiger partial charge in [-0.15, -0.1) is 0 Å². The molecule has 0 saturated heterocycles. The Hall–Kier alpha value is -1.56. The molecule has 0 spiro atoms. The van der Waals surface area contributed by atoms with Crippen LogP contribution in [0.1, 0.15) is 18.9 Å². The summed E-state index contributed by atoms with van der Waals surface area (Å²) in [6.45, 7) is 4.06. The van der Waals surface area contributed by atoms with E-state index in [-0.39, 0.29) is 13.2 Å². The molecule has 0 aromatic heterocycles. The highest BCUT2D eigenvalue weighted by Crippen LogP contribution is 2.32. The Kier molecular flexibility index (Phi) is 6.04. The SMILES string of the molecule is CCOc1cc(C2=CCNCC2)ccc1OCC(O)CO. The Morgan fingerprint density at radius 3 is 2.81 bits per heavy atom. The second-order valence-corrected chi connectivity index (χ2v) is 4.93. The first-order valence-electron chi connectivity index (χ1n) is 7.33. The number of aliphatic hydroxyl groups is 2. The van der Waals surface area contributed by atoms with Crippen molar-refractivity contribution in [2.24, 2.45) is 0 Å². The minimum atomic E-state index is -0.883. The van der Waals surface area contributed by atoms with E-state index in [1.165, 1.54) is 5.57 Å². The minimum absolute atomic E-state index is 0.0442. The van der Waals surface area contributed by atoms with Gasteiger partial charge in [0.25, 0.3) is 0 Å². The molecule has 0 amide bonds. The molecule has 0 aliphatic carbocycles. The molecule has 0 bridgehead atoms. The molecule has 0 fully saturated rings. The number of hydrogen-bond acceptors (Lipinski definition) is 5. The first-order chi connectivity index (χ1) is 10.2.